The number of rotatable bonds is 5. The molecular weight excluding hydrogens is 398 g/mol. The molecule has 0 spiro atoms. The number of aromatic nitrogens is 1. The number of hydrogen-bond donors (Lipinski definition) is 1. The molecule has 28 heavy (non-hydrogen) atoms. The lowest BCUT2D eigenvalue weighted by Gasteiger charge is -2.26. The van der Waals surface area contributed by atoms with Gasteiger partial charge in [-0.25, -0.2) is 13.4 Å². The van der Waals surface area contributed by atoms with E-state index in [0.717, 1.165) is 16.5 Å². The van der Waals surface area contributed by atoms with Crippen LogP contribution in [0.15, 0.2) is 59.5 Å². The van der Waals surface area contributed by atoms with Crippen molar-refractivity contribution in [3.63, 3.8) is 0 Å². The number of morpholine rings is 1. The Hall–Kier alpha value is -2.19. The summed E-state index contributed by atoms with van der Waals surface area (Å²) < 4.78 is 32.4. The quantitative estimate of drug-likeness (QED) is 0.643. The number of halogens is 1. The van der Waals surface area contributed by atoms with E-state index < -0.39 is 10.0 Å². The van der Waals surface area contributed by atoms with Gasteiger partial charge < -0.3 is 10.1 Å². The van der Waals surface area contributed by atoms with Crippen molar-refractivity contribution in [1.29, 1.82) is 0 Å². The Labute approximate surface area is 169 Å². The van der Waals surface area contributed by atoms with E-state index in [-0.39, 0.29) is 4.90 Å². The first-order valence-corrected chi connectivity index (χ1v) is 10.8. The average Bonchev–Trinajstić information content (AvgIpc) is 2.73. The molecule has 1 N–H and O–H groups in total. The maximum atomic E-state index is 12.8. The first-order chi connectivity index (χ1) is 13.5. The van der Waals surface area contributed by atoms with Crippen molar-refractivity contribution in [3.8, 4) is 0 Å². The largest absolute Gasteiger partial charge is 0.381 e. The minimum atomic E-state index is -3.53. The fourth-order valence-electron chi connectivity index (χ4n) is 3.16. The number of nitrogens with zero attached hydrogens (tertiary/aromatic N) is 2. The van der Waals surface area contributed by atoms with E-state index in [1.54, 1.807) is 18.2 Å². The molecule has 0 aliphatic carbocycles. The second-order valence-corrected chi connectivity index (χ2v) is 8.82. The lowest BCUT2D eigenvalue weighted by atomic mass is 10.1. The Bertz CT molecular complexity index is 1100. The van der Waals surface area contributed by atoms with Crippen LogP contribution in [0.4, 0.5) is 5.69 Å². The van der Waals surface area contributed by atoms with Crippen molar-refractivity contribution >= 4 is 38.2 Å². The molecule has 0 radical (unpaired) electrons. The van der Waals surface area contributed by atoms with Gasteiger partial charge in [-0.15, -0.1) is 0 Å². The van der Waals surface area contributed by atoms with Crippen LogP contribution < -0.4 is 5.32 Å². The molecule has 1 saturated heterocycles. The summed E-state index contributed by atoms with van der Waals surface area (Å²) in [5.41, 5.74) is 2.40. The Morgan fingerprint density at radius 2 is 1.86 bits per heavy atom. The molecular formula is C20H20ClN3O3S. The maximum Gasteiger partial charge on any atom is 0.243 e. The van der Waals surface area contributed by atoms with Crippen LogP contribution in [-0.4, -0.2) is 44.0 Å². The van der Waals surface area contributed by atoms with Gasteiger partial charge in [0.05, 0.1) is 23.6 Å². The molecule has 0 atom stereocenters. The third-order valence-corrected chi connectivity index (χ3v) is 6.90. The van der Waals surface area contributed by atoms with E-state index in [9.17, 15) is 8.42 Å². The van der Waals surface area contributed by atoms with Crippen LogP contribution in [0.1, 0.15) is 5.56 Å². The van der Waals surface area contributed by atoms with Crippen LogP contribution in [-0.2, 0) is 21.3 Å². The van der Waals surface area contributed by atoms with E-state index in [1.165, 1.54) is 4.31 Å². The predicted molar refractivity (Wildman–Crippen MR) is 110 cm³/mol. The second-order valence-electron chi connectivity index (χ2n) is 6.53. The zero-order valence-corrected chi connectivity index (χ0v) is 16.7. The summed E-state index contributed by atoms with van der Waals surface area (Å²) in [6, 6.07) is 16.6. The third kappa shape index (κ3) is 3.98. The van der Waals surface area contributed by atoms with Gasteiger partial charge >= 0.3 is 0 Å². The highest BCUT2D eigenvalue weighted by molar-refractivity contribution is 7.89. The molecule has 0 unspecified atom stereocenters. The van der Waals surface area contributed by atoms with Crippen LogP contribution in [0, 0.1) is 0 Å². The lowest BCUT2D eigenvalue weighted by Crippen LogP contribution is -2.40. The van der Waals surface area contributed by atoms with Crippen molar-refractivity contribution in [2.75, 3.05) is 31.6 Å². The number of sulfonamides is 1. The van der Waals surface area contributed by atoms with Crippen LogP contribution in [0.25, 0.3) is 10.9 Å². The first kappa shape index (κ1) is 19.1. The van der Waals surface area contributed by atoms with Gasteiger partial charge in [-0.3, -0.25) is 0 Å². The summed E-state index contributed by atoms with van der Waals surface area (Å²) in [6.07, 6.45) is 0. The average molecular weight is 418 g/mol. The molecule has 1 aliphatic rings. The van der Waals surface area contributed by atoms with E-state index in [1.807, 2.05) is 36.4 Å². The van der Waals surface area contributed by atoms with E-state index in [2.05, 4.69) is 10.3 Å². The molecule has 3 aromatic rings. The molecule has 1 aliphatic heterocycles. The summed E-state index contributed by atoms with van der Waals surface area (Å²) in [4.78, 5) is 4.68. The predicted octanol–water partition coefficient (Wildman–Crippen LogP) is 3.52. The number of nitrogens with one attached hydrogen (secondary N) is 1. The van der Waals surface area contributed by atoms with Crippen LogP contribution in [0.2, 0.25) is 5.15 Å². The highest BCUT2D eigenvalue weighted by atomic mass is 35.5. The Kier molecular flexibility index (Phi) is 5.50. The van der Waals surface area contributed by atoms with Gasteiger partial charge in [-0.2, -0.15) is 4.31 Å². The fraction of sp³-hybridized carbons (Fsp3) is 0.250. The Morgan fingerprint density at radius 3 is 2.68 bits per heavy atom. The number of benzene rings is 2. The standard InChI is InChI=1S/C20H20ClN3O3S/c21-20-16(12-15-4-1-2-7-19(15)23-20)14-22-17-5-3-6-18(13-17)28(25,26)24-8-10-27-11-9-24/h1-7,12-13,22H,8-11,14H2. The summed E-state index contributed by atoms with van der Waals surface area (Å²) >= 11 is 6.31. The highest BCUT2D eigenvalue weighted by Crippen LogP contribution is 2.24. The molecule has 2 heterocycles. The molecule has 0 bridgehead atoms. The van der Waals surface area contributed by atoms with Crippen molar-refractivity contribution in [2.24, 2.45) is 0 Å². The lowest BCUT2D eigenvalue weighted by molar-refractivity contribution is 0.0730. The van der Waals surface area contributed by atoms with Gasteiger partial charge in [0.1, 0.15) is 5.15 Å². The minimum Gasteiger partial charge on any atom is -0.381 e. The molecule has 6 nitrogen and oxygen atoms in total. The van der Waals surface area contributed by atoms with Gasteiger partial charge in [0.15, 0.2) is 0 Å². The summed E-state index contributed by atoms with van der Waals surface area (Å²) in [6.45, 7) is 2.03. The molecule has 4 rings (SSSR count). The molecule has 0 saturated carbocycles. The van der Waals surface area contributed by atoms with Crippen LogP contribution in [0.3, 0.4) is 0 Å². The van der Waals surface area contributed by atoms with Gasteiger partial charge in [0.2, 0.25) is 10.0 Å². The number of pyridine rings is 1. The number of ether oxygens (including phenoxy) is 1. The topological polar surface area (TPSA) is 71.5 Å². The summed E-state index contributed by atoms with van der Waals surface area (Å²) in [5, 5.41) is 4.69. The van der Waals surface area contributed by atoms with Gasteiger partial charge in [-0.1, -0.05) is 35.9 Å². The van der Waals surface area contributed by atoms with Crippen molar-refractivity contribution in [3.05, 3.63) is 65.3 Å². The molecule has 0 amide bonds. The van der Waals surface area contributed by atoms with Crippen LogP contribution >= 0.6 is 11.6 Å². The number of hydrogen-bond acceptors (Lipinski definition) is 5. The fourth-order valence-corrected chi connectivity index (χ4v) is 4.83. The van der Waals surface area contributed by atoms with Crippen molar-refractivity contribution in [1.82, 2.24) is 9.29 Å². The van der Waals surface area contributed by atoms with E-state index in [0.29, 0.717) is 43.7 Å². The normalized spacial score (nSPS) is 15.6. The molecule has 146 valence electrons. The Balaban J connectivity index is 1.53. The minimum absolute atomic E-state index is 0.266. The Morgan fingerprint density at radius 1 is 1.07 bits per heavy atom. The smallest absolute Gasteiger partial charge is 0.243 e. The second kappa shape index (κ2) is 8.05. The molecule has 8 heteroatoms. The zero-order chi connectivity index (χ0) is 19.6. The summed E-state index contributed by atoms with van der Waals surface area (Å²) in [7, 11) is -3.53. The first-order valence-electron chi connectivity index (χ1n) is 9.00. The molecule has 1 fully saturated rings. The van der Waals surface area contributed by atoms with Gasteiger partial charge in [-0.05, 0) is 30.3 Å². The SMILES string of the molecule is O=S(=O)(c1cccc(NCc2cc3ccccc3nc2Cl)c1)N1CCOCC1. The van der Waals surface area contributed by atoms with Gasteiger partial charge in [0.25, 0.3) is 0 Å². The monoisotopic (exact) mass is 417 g/mol. The third-order valence-electron chi connectivity index (χ3n) is 4.67. The van der Waals surface area contributed by atoms with E-state index in [4.69, 9.17) is 16.3 Å². The zero-order valence-electron chi connectivity index (χ0n) is 15.1. The van der Waals surface area contributed by atoms with E-state index >= 15 is 0 Å². The van der Waals surface area contributed by atoms with Crippen molar-refractivity contribution in [2.45, 2.75) is 11.4 Å². The number of para-hydroxylation sites is 1. The summed E-state index contributed by atoms with van der Waals surface area (Å²) in [5.74, 6) is 0. The maximum absolute atomic E-state index is 12.8. The van der Waals surface area contributed by atoms with Crippen molar-refractivity contribution < 1.29 is 13.2 Å². The number of fused-ring (bicyclic) bond motifs is 1. The van der Waals surface area contributed by atoms with Crippen LogP contribution in [0.5, 0.6) is 0 Å². The molecule has 2 aromatic carbocycles. The molecule has 1 aromatic heterocycles. The number of anilines is 1. The van der Waals surface area contributed by atoms with Gasteiger partial charge in [0, 0.05) is 36.3 Å². The highest BCUT2D eigenvalue weighted by Gasteiger charge is 2.26.